The van der Waals surface area contributed by atoms with E-state index in [1.54, 1.807) is 0 Å². The van der Waals surface area contributed by atoms with E-state index in [4.69, 9.17) is 14.8 Å². The van der Waals surface area contributed by atoms with Crippen LogP contribution in [0.5, 0.6) is 0 Å². The van der Waals surface area contributed by atoms with Crippen LogP contribution in [0.4, 0.5) is 0 Å². The summed E-state index contributed by atoms with van der Waals surface area (Å²) in [6.45, 7) is 7.20. The SMILES string of the molecule is Cc1cc2c(s1)CC=c1cccnc1=C2N1CCN(CCOCCO)C(CCc2ccccc2)C1.Cl. The van der Waals surface area contributed by atoms with E-state index in [9.17, 15) is 0 Å². The van der Waals surface area contributed by atoms with Crippen LogP contribution in [0.1, 0.15) is 27.3 Å². The first-order chi connectivity index (χ1) is 17.2. The van der Waals surface area contributed by atoms with Crippen LogP contribution in [-0.4, -0.2) is 71.9 Å². The zero-order chi connectivity index (χ0) is 24.0. The summed E-state index contributed by atoms with van der Waals surface area (Å²) in [5.41, 5.74) is 4.05. The number of nitrogens with zero attached hydrogens (tertiary/aromatic N) is 3. The van der Waals surface area contributed by atoms with Crippen molar-refractivity contribution in [3.63, 3.8) is 0 Å². The second-order valence-corrected chi connectivity index (χ2v) is 10.7. The van der Waals surface area contributed by atoms with E-state index in [0.717, 1.165) is 50.8 Å². The van der Waals surface area contributed by atoms with Crippen LogP contribution in [0.2, 0.25) is 0 Å². The number of ether oxygens (including phenoxy) is 1. The molecule has 5 rings (SSSR count). The lowest BCUT2D eigenvalue weighted by molar-refractivity contribution is 0.0409. The number of piperazine rings is 1. The molecule has 192 valence electrons. The van der Waals surface area contributed by atoms with Crippen molar-refractivity contribution in [2.45, 2.75) is 32.2 Å². The summed E-state index contributed by atoms with van der Waals surface area (Å²) in [5, 5.41) is 11.4. The summed E-state index contributed by atoms with van der Waals surface area (Å²) in [5.74, 6) is 0. The van der Waals surface area contributed by atoms with Gasteiger partial charge < -0.3 is 14.7 Å². The molecular weight excluding hydrogens is 490 g/mol. The number of hydrogen-bond donors (Lipinski definition) is 1. The third kappa shape index (κ3) is 6.18. The van der Waals surface area contributed by atoms with E-state index in [-0.39, 0.29) is 19.0 Å². The van der Waals surface area contributed by atoms with Gasteiger partial charge in [-0.3, -0.25) is 9.88 Å². The Morgan fingerprint density at radius 1 is 1.11 bits per heavy atom. The van der Waals surface area contributed by atoms with Crippen LogP contribution in [0, 0.1) is 6.92 Å². The number of aryl methyl sites for hydroxylation is 2. The fraction of sp³-hybridized carbons (Fsp3) is 0.414. The molecular formula is C29H36ClN3O2S. The van der Waals surface area contributed by atoms with Gasteiger partial charge in [0.05, 0.1) is 30.9 Å². The Kier molecular flexibility index (Phi) is 9.57. The monoisotopic (exact) mass is 525 g/mol. The molecule has 0 saturated carbocycles. The number of hydrogen-bond acceptors (Lipinski definition) is 6. The Morgan fingerprint density at radius 2 is 1.97 bits per heavy atom. The fourth-order valence-corrected chi connectivity index (χ4v) is 6.33. The highest BCUT2D eigenvalue weighted by molar-refractivity contribution is 7.12. The summed E-state index contributed by atoms with van der Waals surface area (Å²) >= 11 is 1.91. The average Bonchev–Trinajstić information content (AvgIpc) is 3.18. The van der Waals surface area contributed by atoms with Gasteiger partial charge in [0.2, 0.25) is 0 Å². The van der Waals surface area contributed by atoms with E-state index in [1.807, 2.05) is 23.6 Å². The Balaban J connectivity index is 0.00000304. The standard InChI is InChI=1S/C29H35N3O2S.ClH/c1-22-20-26-27(35-22)12-10-24-8-5-13-30-28(24)29(26)32-15-14-31(16-18-34-19-17-33)25(21-32)11-9-23-6-3-2-4-7-23;/h2-8,10,13,20,25,33H,9,11-12,14-19,21H2,1H3;1H. The summed E-state index contributed by atoms with van der Waals surface area (Å²) in [6.07, 6.45) is 7.40. The second-order valence-electron chi connectivity index (χ2n) is 9.39. The Bertz CT molecular complexity index is 1250. The van der Waals surface area contributed by atoms with Crippen molar-refractivity contribution in [1.29, 1.82) is 0 Å². The van der Waals surface area contributed by atoms with Gasteiger partial charge in [-0.15, -0.1) is 23.7 Å². The fourth-order valence-electron chi connectivity index (χ4n) is 5.34. The lowest BCUT2D eigenvalue weighted by Crippen LogP contribution is -2.54. The number of aliphatic hydroxyl groups excluding tert-OH is 1. The normalized spacial score (nSPS) is 17.6. The van der Waals surface area contributed by atoms with Crippen molar-refractivity contribution in [3.8, 4) is 0 Å². The third-order valence-electron chi connectivity index (χ3n) is 7.05. The number of thiophene rings is 1. The van der Waals surface area contributed by atoms with Gasteiger partial charge >= 0.3 is 0 Å². The summed E-state index contributed by atoms with van der Waals surface area (Å²) < 4.78 is 5.63. The van der Waals surface area contributed by atoms with Gasteiger partial charge in [-0.1, -0.05) is 42.5 Å². The van der Waals surface area contributed by atoms with Gasteiger partial charge in [0.1, 0.15) is 0 Å². The molecule has 1 saturated heterocycles. The molecule has 1 N–H and O–H groups in total. The third-order valence-corrected chi connectivity index (χ3v) is 8.12. The van der Waals surface area contributed by atoms with Crippen molar-refractivity contribution < 1.29 is 9.84 Å². The largest absolute Gasteiger partial charge is 0.394 e. The first kappa shape index (κ1) is 26.8. The summed E-state index contributed by atoms with van der Waals surface area (Å²) in [4.78, 5) is 12.9. The quantitative estimate of drug-likeness (QED) is 0.435. The van der Waals surface area contributed by atoms with E-state index in [0.29, 0.717) is 19.3 Å². The molecule has 7 heteroatoms. The number of aromatic nitrogens is 1. The van der Waals surface area contributed by atoms with Crippen molar-refractivity contribution >= 4 is 35.5 Å². The predicted octanol–water partition coefficient (Wildman–Crippen LogP) is 2.99. The van der Waals surface area contributed by atoms with Crippen LogP contribution >= 0.6 is 23.7 Å². The van der Waals surface area contributed by atoms with Gasteiger partial charge in [0.15, 0.2) is 0 Å². The minimum absolute atomic E-state index is 0. The van der Waals surface area contributed by atoms with E-state index >= 15 is 0 Å². The highest BCUT2D eigenvalue weighted by Crippen LogP contribution is 2.31. The van der Waals surface area contributed by atoms with Crippen LogP contribution in [0.15, 0.2) is 54.7 Å². The van der Waals surface area contributed by atoms with Gasteiger partial charge in [-0.2, -0.15) is 0 Å². The molecule has 3 heterocycles. The minimum Gasteiger partial charge on any atom is -0.394 e. The zero-order valence-electron chi connectivity index (χ0n) is 20.9. The summed E-state index contributed by atoms with van der Waals surface area (Å²) in [7, 11) is 0. The van der Waals surface area contributed by atoms with E-state index in [2.05, 4.69) is 65.3 Å². The molecule has 3 aromatic rings. The first-order valence-electron chi connectivity index (χ1n) is 12.7. The Labute approximate surface area is 224 Å². The number of halogens is 1. The molecule has 0 amide bonds. The topological polar surface area (TPSA) is 48.8 Å². The van der Waals surface area contributed by atoms with Crippen molar-refractivity contribution in [1.82, 2.24) is 14.8 Å². The molecule has 0 bridgehead atoms. The average molecular weight is 526 g/mol. The number of benzene rings is 1. The molecule has 1 aliphatic carbocycles. The predicted molar refractivity (Wildman–Crippen MR) is 150 cm³/mol. The maximum absolute atomic E-state index is 9.07. The lowest BCUT2D eigenvalue weighted by Gasteiger charge is -2.43. The number of pyridine rings is 1. The molecule has 2 aromatic heterocycles. The lowest BCUT2D eigenvalue weighted by atomic mass is 10.0. The maximum atomic E-state index is 9.07. The smallest absolute Gasteiger partial charge is 0.0938 e. The van der Waals surface area contributed by atoms with Crippen LogP contribution in [0.3, 0.4) is 0 Å². The van der Waals surface area contributed by atoms with Gasteiger partial charge in [0, 0.05) is 60.2 Å². The molecule has 1 aromatic carbocycles. The first-order valence-corrected chi connectivity index (χ1v) is 13.5. The molecule has 1 fully saturated rings. The van der Waals surface area contributed by atoms with E-state index < -0.39 is 0 Å². The summed E-state index contributed by atoms with van der Waals surface area (Å²) in [6, 6.07) is 17.8. The zero-order valence-corrected chi connectivity index (χ0v) is 22.6. The van der Waals surface area contributed by atoms with Crippen molar-refractivity contribution in [3.05, 3.63) is 86.2 Å². The molecule has 5 nitrogen and oxygen atoms in total. The molecule has 0 spiro atoms. The highest BCUT2D eigenvalue weighted by atomic mass is 35.5. The van der Waals surface area contributed by atoms with Crippen LogP contribution < -0.4 is 10.6 Å². The van der Waals surface area contributed by atoms with Gasteiger partial charge in [-0.25, -0.2) is 0 Å². The second kappa shape index (κ2) is 12.8. The van der Waals surface area contributed by atoms with Gasteiger partial charge in [0.25, 0.3) is 0 Å². The number of aliphatic hydroxyl groups is 1. The molecule has 2 aliphatic rings. The van der Waals surface area contributed by atoms with E-state index in [1.165, 1.54) is 31.8 Å². The van der Waals surface area contributed by atoms with Crippen LogP contribution in [-0.2, 0) is 17.6 Å². The molecule has 0 radical (unpaired) electrons. The Morgan fingerprint density at radius 3 is 2.81 bits per heavy atom. The maximum Gasteiger partial charge on any atom is 0.0938 e. The molecule has 1 unspecified atom stereocenters. The molecule has 1 atom stereocenters. The van der Waals surface area contributed by atoms with Crippen molar-refractivity contribution in [2.24, 2.45) is 0 Å². The van der Waals surface area contributed by atoms with Crippen LogP contribution in [0.25, 0.3) is 11.8 Å². The Hall–Kier alpha value is -2.22. The molecule has 1 aliphatic heterocycles. The minimum atomic E-state index is 0. The van der Waals surface area contributed by atoms with Gasteiger partial charge in [-0.05, 0) is 42.7 Å². The number of fused-ring (bicyclic) bond motifs is 2. The van der Waals surface area contributed by atoms with Crippen molar-refractivity contribution in [2.75, 3.05) is 46.0 Å². The highest BCUT2D eigenvalue weighted by Gasteiger charge is 2.30. The molecule has 36 heavy (non-hydrogen) atoms. The number of rotatable bonds is 9.